The van der Waals surface area contributed by atoms with E-state index in [0.717, 1.165) is 25.9 Å². The van der Waals surface area contributed by atoms with Crippen LogP contribution in [0.15, 0.2) is 12.4 Å². The Kier molecular flexibility index (Phi) is 2.40. The van der Waals surface area contributed by atoms with E-state index in [1.165, 1.54) is 5.56 Å². The van der Waals surface area contributed by atoms with E-state index < -0.39 is 0 Å². The molecule has 1 aromatic rings. The highest BCUT2D eigenvalue weighted by atomic mass is 16.2. The van der Waals surface area contributed by atoms with Gasteiger partial charge in [0.2, 0.25) is 5.91 Å². The number of amides is 1. The molecule has 5 heteroatoms. The van der Waals surface area contributed by atoms with Gasteiger partial charge in [-0.25, -0.2) is 0 Å². The molecule has 3 rings (SSSR count). The average Bonchev–Trinajstić information content (AvgIpc) is 2.92. The van der Waals surface area contributed by atoms with Crippen LogP contribution in [0.25, 0.3) is 0 Å². The Morgan fingerprint density at radius 3 is 3.31 bits per heavy atom. The van der Waals surface area contributed by atoms with Crippen LogP contribution in [0.5, 0.6) is 0 Å². The van der Waals surface area contributed by atoms with Crippen LogP contribution in [-0.4, -0.2) is 46.2 Å². The lowest BCUT2D eigenvalue weighted by Gasteiger charge is -2.23. The van der Waals surface area contributed by atoms with Gasteiger partial charge in [-0.3, -0.25) is 9.89 Å². The van der Waals surface area contributed by atoms with Gasteiger partial charge < -0.3 is 10.2 Å². The Morgan fingerprint density at radius 1 is 1.56 bits per heavy atom. The van der Waals surface area contributed by atoms with E-state index in [4.69, 9.17) is 0 Å². The Bertz CT molecular complexity index is 375. The number of nitrogens with one attached hydrogen (secondary N) is 2. The van der Waals surface area contributed by atoms with Crippen molar-refractivity contribution in [3.05, 3.63) is 18.0 Å². The molecule has 16 heavy (non-hydrogen) atoms. The molecule has 3 heterocycles. The van der Waals surface area contributed by atoms with Gasteiger partial charge in [-0.1, -0.05) is 0 Å². The summed E-state index contributed by atoms with van der Waals surface area (Å²) in [4.78, 5) is 13.8. The molecule has 2 saturated heterocycles. The minimum Gasteiger partial charge on any atom is -0.338 e. The van der Waals surface area contributed by atoms with Crippen molar-refractivity contribution in [1.29, 1.82) is 0 Å². The Balaban J connectivity index is 1.63. The molecule has 2 aliphatic rings. The molecule has 0 spiro atoms. The molecule has 1 amide bonds. The first-order chi connectivity index (χ1) is 7.84. The van der Waals surface area contributed by atoms with Gasteiger partial charge in [0, 0.05) is 31.2 Å². The summed E-state index contributed by atoms with van der Waals surface area (Å²) in [6.45, 7) is 1.87. The van der Waals surface area contributed by atoms with Gasteiger partial charge in [-0.2, -0.15) is 5.10 Å². The summed E-state index contributed by atoms with van der Waals surface area (Å²) in [7, 11) is 0. The number of rotatable bonds is 3. The fraction of sp³-hybridized carbons (Fsp3) is 0.636. The number of carbonyl (C=O) groups is 1. The number of likely N-dealkylation sites (tertiary alicyclic amines) is 1. The van der Waals surface area contributed by atoms with Crippen molar-refractivity contribution in [2.75, 3.05) is 13.1 Å². The Labute approximate surface area is 94.2 Å². The van der Waals surface area contributed by atoms with Crippen molar-refractivity contribution in [3.63, 3.8) is 0 Å². The molecule has 2 atom stereocenters. The van der Waals surface area contributed by atoms with Crippen LogP contribution in [0, 0.1) is 0 Å². The molecule has 0 unspecified atom stereocenters. The van der Waals surface area contributed by atoms with Crippen LogP contribution in [-0.2, 0) is 11.2 Å². The van der Waals surface area contributed by atoms with Gasteiger partial charge in [-0.15, -0.1) is 0 Å². The second kappa shape index (κ2) is 3.90. The highest BCUT2D eigenvalue weighted by Gasteiger charge is 2.41. The Morgan fingerprint density at radius 2 is 2.50 bits per heavy atom. The molecule has 0 bridgehead atoms. The van der Waals surface area contributed by atoms with E-state index in [2.05, 4.69) is 15.5 Å². The number of hydrogen-bond acceptors (Lipinski definition) is 3. The third kappa shape index (κ3) is 1.61. The number of aromatic nitrogens is 2. The molecule has 0 saturated carbocycles. The van der Waals surface area contributed by atoms with Crippen LogP contribution < -0.4 is 5.32 Å². The van der Waals surface area contributed by atoms with E-state index in [0.29, 0.717) is 24.4 Å². The van der Waals surface area contributed by atoms with Gasteiger partial charge in [0.25, 0.3) is 0 Å². The number of H-pyrrole nitrogens is 1. The number of fused-ring (bicyclic) bond motifs is 1. The topological polar surface area (TPSA) is 61.0 Å². The maximum atomic E-state index is 11.8. The highest BCUT2D eigenvalue weighted by Crippen LogP contribution is 2.26. The van der Waals surface area contributed by atoms with E-state index in [-0.39, 0.29) is 0 Å². The van der Waals surface area contributed by atoms with Crippen LogP contribution in [0.3, 0.4) is 0 Å². The lowest BCUT2D eigenvalue weighted by atomic mass is 10.1. The van der Waals surface area contributed by atoms with Gasteiger partial charge in [-0.05, 0) is 24.9 Å². The second-order valence-corrected chi connectivity index (χ2v) is 4.56. The summed E-state index contributed by atoms with van der Waals surface area (Å²) in [5.41, 5.74) is 1.17. The van der Waals surface area contributed by atoms with Crippen LogP contribution in [0.4, 0.5) is 0 Å². The number of hydrogen-bond donors (Lipinski definition) is 2. The first-order valence-corrected chi connectivity index (χ1v) is 5.85. The van der Waals surface area contributed by atoms with Crippen molar-refractivity contribution in [1.82, 2.24) is 20.4 Å². The van der Waals surface area contributed by atoms with Crippen molar-refractivity contribution >= 4 is 5.91 Å². The highest BCUT2D eigenvalue weighted by molar-refractivity contribution is 5.80. The third-order valence-corrected chi connectivity index (χ3v) is 3.62. The molecular weight excluding hydrogens is 204 g/mol. The zero-order valence-corrected chi connectivity index (χ0v) is 9.15. The van der Waals surface area contributed by atoms with Crippen LogP contribution >= 0.6 is 0 Å². The average molecular weight is 220 g/mol. The summed E-state index contributed by atoms with van der Waals surface area (Å²) in [5, 5.41) is 10.1. The maximum Gasteiger partial charge on any atom is 0.224 e. The minimum atomic E-state index is 0.297. The molecule has 2 N–H and O–H groups in total. The fourth-order valence-corrected chi connectivity index (χ4v) is 2.78. The maximum absolute atomic E-state index is 11.8. The molecular formula is C11H16N4O. The van der Waals surface area contributed by atoms with Crippen molar-refractivity contribution in [2.24, 2.45) is 0 Å². The van der Waals surface area contributed by atoms with Crippen molar-refractivity contribution in [2.45, 2.75) is 31.3 Å². The normalized spacial score (nSPS) is 28.8. The molecule has 2 aliphatic heterocycles. The standard InChI is InChI=1S/C11H16N4O/c16-11-5-9-10(1-3-12-9)15(11)4-2-8-6-13-14-7-8/h6-7,9-10,12H,1-5H2,(H,13,14)/t9-,10-/m1/s1. The van der Waals surface area contributed by atoms with E-state index in [1.54, 1.807) is 0 Å². The number of nitrogens with zero attached hydrogens (tertiary/aromatic N) is 2. The summed E-state index contributed by atoms with van der Waals surface area (Å²) in [6, 6.07) is 0.830. The van der Waals surface area contributed by atoms with Crippen molar-refractivity contribution < 1.29 is 4.79 Å². The van der Waals surface area contributed by atoms with Crippen molar-refractivity contribution in [3.8, 4) is 0 Å². The van der Waals surface area contributed by atoms with E-state index in [1.807, 2.05) is 17.3 Å². The minimum absolute atomic E-state index is 0.297. The summed E-state index contributed by atoms with van der Waals surface area (Å²) in [5.74, 6) is 0.297. The van der Waals surface area contributed by atoms with E-state index in [9.17, 15) is 4.79 Å². The largest absolute Gasteiger partial charge is 0.338 e. The molecule has 86 valence electrons. The first kappa shape index (κ1) is 9.84. The number of aromatic amines is 1. The summed E-state index contributed by atoms with van der Waals surface area (Å²) >= 11 is 0. The SMILES string of the molecule is O=C1C[C@H]2NCC[C@H]2N1CCc1cn[nH]c1. The molecule has 0 radical (unpaired) electrons. The smallest absolute Gasteiger partial charge is 0.224 e. The van der Waals surface area contributed by atoms with Gasteiger partial charge in [0.15, 0.2) is 0 Å². The molecule has 1 aromatic heterocycles. The second-order valence-electron chi connectivity index (χ2n) is 4.56. The van der Waals surface area contributed by atoms with Gasteiger partial charge in [0.05, 0.1) is 6.20 Å². The zero-order chi connectivity index (χ0) is 11.0. The van der Waals surface area contributed by atoms with E-state index >= 15 is 0 Å². The lowest BCUT2D eigenvalue weighted by Crippen LogP contribution is -2.37. The predicted molar refractivity (Wildman–Crippen MR) is 58.8 cm³/mol. The monoisotopic (exact) mass is 220 g/mol. The quantitative estimate of drug-likeness (QED) is 0.748. The van der Waals surface area contributed by atoms with Crippen LogP contribution in [0.2, 0.25) is 0 Å². The predicted octanol–water partition coefficient (Wildman–Crippen LogP) is -0.0850. The van der Waals surface area contributed by atoms with Crippen LogP contribution in [0.1, 0.15) is 18.4 Å². The summed E-state index contributed by atoms with van der Waals surface area (Å²) in [6.07, 6.45) is 6.39. The Hall–Kier alpha value is -1.36. The lowest BCUT2D eigenvalue weighted by molar-refractivity contribution is -0.129. The first-order valence-electron chi connectivity index (χ1n) is 5.85. The summed E-state index contributed by atoms with van der Waals surface area (Å²) < 4.78 is 0. The fourth-order valence-electron chi connectivity index (χ4n) is 2.78. The zero-order valence-electron chi connectivity index (χ0n) is 9.15. The molecule has 5 nitrogen and oxygen atoms in total. The molecule has 0 aliphatic carbocycles. The third-order valence-electron chi connectivity index (χ3n) is 3.62. The number of carbonyl (C=O) groups excluding carboxylic acids is 1. The molecule has 0 aromatic carbocycles. The van der Waals surface area contributed by atoms with Gasteiger partial charge >= 0.3 is 0 Å². The van der Waals surface area contributed by atoms with Gasteiger partial charge in [0.1, 0.15) is 0 Å². The molecule has 2 fully saturated rings.